The lowest BCUT2D eigenvalue weighted by molar-refractivity contribution is -0.132. The SMILES string of the molecule is CCn1nccc1C(=O)NCc1nnn2c1COC1(CCN(C(=O)Cc3ccc(Cl)cc3)C1)C2. The molecule has 3 aromatic rings. The van der Waals surface area contributed by atoms with Crippen LogP contribution >= 0.6 is 11.6 Å². The van der Waals surface area contributed by atoms with Crippen molar-refractivity contribution < 1.29 is 14.3 Å². The van der Waals surface area contributed by atoms with Crippen LogP contribution in [0.25, 0.3) is 0 Å². The Bertz CT molecular complexity index is 1210. The van der Waals surface area contributed by atoms with Gasteiger partial charge in [-0.15, -0.1) is 5.10 Å². The molecule has 1 fully saturated rings. The number of likely N-dealkylation sites (tertiary alicyclic amines) is 1. The minimum Gasteiger partial charge on any atom is -0.365 e. The van der Waals surface area contributed by atoms with Crippen molar-refractivity contribution in [3.63, 3.8) is 0 Å². The smallest absolute Gasteiger partial charge is 0.269 e. The Morgan fingerprint density at radius 2 is 2.03 bits per heavy atom. The van der Waals surface area contributed by atoms with Gasteiger partial charge in [-0.05, 0) is 37.1 Å². The average Bonchev–Trinajstić information content (AvgIpc) is 3.57. The van der Waals surface area contributed by atoms with E-state index in [0.29, 0.717) is 55.6 Å². The van der Waals surface area contributed by atoms with Crippen LogP contribution in [0.15, 0.2) is 36.5 Å². The van der Waals surface area contributed by atoms with Crippen molar-refractivity contribution >= 4 is 23.4 Å². The number of rotatable bonds is 6. The number of amides is 2. The Kier molecular flexibility index (Phi) is 6.09. The zero-order valence-electron chi connectivity index (χ0n) is 18.9. The third kappa shape index (κ3) is 4.43. The fourth-order valence-electron chi connectivity index (χ4n) is 4.56. The second-order valence-corrected chi connectivity index (χ2v) is 9.13. The first-order valence-corrected chi connectivity index (χ1v) is 11.7. The van der Waals surface area contributed by atoms with Crippen LogP contribution < -0.4 is 5.32 Å². The first kappa shape index (κ1) is 22.5. The summed E-state index contributed by atoms with van der Waals surface area (Å²) in [6.45, 7) is 4.83. The van der Waals surface area contributed by atoms with Crippen molar-refractivity contribution in [3.8, 4) is 0 Å². The van der Waals surface area contributed by atoms with Crippen molar-refractivity contribution in [3.05, 3.63) is 64.2 Å². The number of nitrogens with zero attached hydrogens (tertiary/aromatic N) is 6. The molecule has 0 radical (unpaired) electrons. The van der Waals surface area contributed by atoms with E-state index in [4.69, 9.17) is 16.3 Å². The number of carbonyl (C=O) groups excluding carboxylic acids is 2. The van der Waals surface area contributed by atoms with E-state index in [1.807, 2.05) is 28.6 Å². The Morgan fingerprint density at radius 1 is 1.21 bits per heavy atom. The molecule has 1 saturated heterocycles. The molecule has 2 aliphatic heterocycles. The predicted molar refractivity (Wildman–Crippen MR) is 123 cm³/mol. The lowest BCUT2D eigenvalue weighted by atomic mass is 10.0. The molecule has 1 atom stereocenters. The van der Waals surface area contributed by atoms with Gasteiger partial charge >= 0.3 is 0 Å². The van der Waals surface area contributed by atoms with Gasteiger partial charge < -0.3 is 15.0 Å². The van der Waals surface area contributed by atoms with E-state index < -0.39 is 5.60 Å². The Morgan fingerprint density at radius 3 is 2.82 bits per heavy atom. The quantitative estimate of drug-likeness (QED) is 0.573. The maximum absolute atomic E-state index is 12.8. The highest BCUT2D eigenvalue weighted by Crippen LogP contribution is 2.33. The van der Waals surface area contributed by atoms with Crippen LogP contribution in [0.5, 0.6) is 0 Å². The predicted octanol–water partition coefficient (Wildman–Crippen LogP) is 1.82. The normalized spacial score (nSPS) is 19.4. The summed E-state index contributed by atoms with van der Waals surface area (Å²) in [6, 6.07) is 9.03. The molecule has 2 aliphatic rings. The molecule has 10 nitrogen and oxygen atoms in total. The number of hydrogen-bond donors (Lipinski definition) is 1. The number of fused-ring (bicyclic) bond motifs is 1. The molecule has 2 amide bonds. The van der Waals surface area contributed by atoms with Gasteiger partial charge in [0.05, 0.1) is 38.4 Å². The van der Waals surface area contributed by atoms with Crippen molar-refractivity contribution in [1.29, 1.82) is 0 Å². The van der Waals surface area contributed by atoms with E-state index in [1.165, 1.54) is 0 Å². The fraction of sp³-hybridized carbons (Fsp3) is 0.435. The van der Waals surface area contributed by atoms with Gasteiger partial charge in [-0.1, -0.05) is 28.9 Å². The van der Waals surface area contributed by atoms with Crippen LogP contribution in [-0.4, -0.2) is 60.2 Å². The van der Waals surface area contributed by atoms with Gasteiger partial charge in [0.25, 0.3) is 5.91 Å². The van der Waals surface area contributed by atoms with Crippen LogP contribution in [0, 0.1) is 0 Å². The summed E-state index contributed by atoms with van der Waals surface area (Å²) in [5.41, 5.74) is 2.50. The van der Waals surface area contributed by atoms with Crippen LogP contribution in [0.1, 0.15) is 40.8 Å². The molecule has 0 bridgehead atoms. The van der Waals surface area contributed by atoms with Gasteiger partial charge in [0.2, 0.25) is 5.91 Å². The lowest BCUT2D eigenvalue weighted by Gasteiger charge is -2.34. The highest BCUT2D eigenvalue weighted by atomic mass is 35.5. The molecule has 11 heteroatoms. The third-order valence-electron chi connectivity index (χ3n) is 6.47. The van der Waals surface area contributed by atoms with E-state index in [0.717, 1.165) is 17.7 Å². The van der Waals surface area contributed by atoms with Gasteiger partial charge in [-0.25, -0.2) is 4.68 Å². The average molecular weight is 484 g/mol. The number of hydrogen-bond acceptors (Lipinski definition) is 6. The van der Waals surface area contributed by atoms with Crippen LogP contribution in [0.2, 0.25) is 5.02 Å². The van der Waals surface area contributed by atoms with Crippen molar-refractivity contribution in [1.82, 2.24) is 35.0 Å². The zero-order chi connectivity index (χ0) is 23.7. The van der Waals surface area contributed by atoms with E-state index in [-0.39, 0.29) is 18.4 Å². The number of halogens is 1. The van der Waals surface area contributed by atoms with E-state index >= 15 is 0 Å². The Balaban J connectivity index is 1.19. The first-order valence-electron chi connectivity index (χ1n) is 11.3. The van der Waals surface area contributed by atoms with Crippen molar-refractivity contribution in [2.24, 2.45) is 0 Å². The number of nitrogens with one attached hydrogen (secondary N) is 1. The summed E-state index contributed by atoms with van der Waals surface area (Å²) in [7, 11) is 0. The maximum Gasteiger partial charge on any atom is 0.269 e. The molecule has 1 unspecified atom stereocenters. The number of ether oxygens (including phenoxy) is 1. The summed E-state index contributed by atoms with van der Waals surface area (Å²) >= 11 is 5.94. The number of benzene rings is 1. The fourth-order valence-corrected chi connectivity index (χ4v) is 4.68. The van der Waals surface area contributed by atoms with E-state index in [2.05, 4.69) is 20.7 Å². The topological polar surface area (TPSA) is 107 Å². The second-order valence-electron chi connectivity index (χ2n) is 8.70. The van der Waals surface area contributed by atoms with Crippen molar-refractivity contribution in [2.75, 3.05) is 13.1 Å². The largest absolute Gasteiger partial charge is 0.365 e. The van der Waals surface area contributed by atoms with Gasteiger partial charge in [0.1, 0.15) is 17.0 Å². The molecule has 34 heavy (non-hydrogen) atoms. The molecular weight excluding hydrogens is 458 g/mol. The molecule has 1 aromatic carbocycles. The van der Waals surface area contributed by atoms with Crippen LogP contribution in [0.3, 0.4) is 0 Å². The number of aryl methyl sites for hydroxylation is 1. The molecular formula is C23H26ClN7O3. The Hall–Kier alpha value is -3.24. The molecule has 4 heterocycles. The van der Waals surface area contributed by atoms with Gasteiger partial charge in [-0.2, -0.15) is 5.10 Å². The molecule has 0 aliphatic carbocycles. The molecule has 1 spiro atoms. The minimum atomic E-state index is -0.468. The molecule has 5 rings (SSSR count). The van der Waals surface area contributed by atoms with Crippen molar-refractivity contribution in [2.45, 2.75) is 51.6 Å². The maximum atomic E-state index is 12.8. The second kappa shape index (κ2) is 9.19. The monoisotopic (exact) mass is 483 g/mol. The summed E-state index contributed by atoms with van der Waals surface area (Å²) in [5.74, 6) is -0.137. The van der Waals surface area contributed by atoms with E-state index in [9.17, 15) is 9.59 Å². The van der Waals surface area contributed by atoms with Gasteiger partial charge in [0, 0.05) is 24.3 Å². The van der Waals surface area contributed by atoms with Gasteiger partial charge in [-0.3, -0.25) is 14.3 Å². The molecule has 1 N–H and O–H groups in total. The minimum absolute atomic E-state index is 0.0712. The van der Waals surface area contributed by atoms with Gasteiger partial charge in [0.15, 0.2) is 0 Å². The standard InChI is InChI=1S/C23H26ClN7O3/c1-2-30-19(7-9-26-30)22(33)25-12-18-20-13-34-23(15-31(20)28-27-18)8-10-29(14-23)21(32)11-16-3-5-17(24)6-4-16/h3-7,9H,2,8,10-15H2,1H3,(H,25,33). The zero-order valence-corrected chi connectivity index (χ0v) is 19.7. The summed E-state index contributed by atoms with van der Waals surface area (Å²) in [5, 5.41) is 16.2. The summed E-state index contributed by atoms with van der Waals surface area (Å²) < 4.78 is 9.76. The van der Waals surface area contributed by atoms with E-state index in [1.54, 1.807) is 29.1 Å². The number of carbonyl (C=O) groups is 2. The van der Waals surface area contributed by atoms with Crippen LogP contribution in [0.4, 0.5) is 0 Å². The molecule has 178 valence electrons. The van der Waals surface area contributed by atoms with Crippen LogP contribution in [-0.2, 0) is 42.2 Å². The third-order valence-corrected chi connectivity index (χ3v) is 6.73. The summed E-state index contributed by atoms with van der Waals surface area (Å²) in [4.78, 5) is 27.2. The highest BCUT2D eigenvalue weighted by Gasteiger charge is 2.44. The lowest BCUT2D eigenvalue weighted by Crippen LogP contribution is -2.45. The molecule has 0 saturated carbocycles. The number of aromatic nitrogens is 5. The Labute approximate surface area is 201 Å². The summed E-state index contributed by atoms with van der Waals surface area (Å²) in [6.07, 6.45) is 2.69. The highest BCUT2D eigenvalue weighted by molar-refractivity contribution is 6.30. The molecule has 2 aromatic heterocycles. The first-order chi connectivity index (χ1) is 16.5.